The zero-order valence-corrected chi connectivity index (χ0v) is 15.1. The summed E-state index contributed by atoms with van der Waals surface area (Å²) in [6.45, 7) is 0.583. The van der Waals surface area contributed by atoms with E-state index in [1.165, 1.54) is 15.8 Å². The van der Waals surface area contributed by atoms with Crippen LogP contribution in [0.5, 0.6) is 0 Å². The van der Waals surface area contributed by atoms with Gasteiger partial charge in [-0.15, -0.1) is 11.3 Å². The number of carbonyl (C=O) groups is 1. The fourth-order valence-corrected chi connectivity index (χ4v) is 4.08. The molecular weight excluding hydrogens is 344 g/mol. The molecule has 4 aromatic rings. The van der Waals surface area contributed by atoms with Crippen molar-refractivity contribution >= 4 is 28.1 Å². The van der Waals surface area contributed by atoms with Gasteiger partial charge in [0.15, 0.2) is 0 Å². The van der Waals surface area contributed by atoms with Crippen LogP contribution in [0.25, 0.3) is 10.9 Å². The van der Waals surface area contributed by atoms with Crippen LogP contribution >= 0.6 is 11.3 Å². The van der Waals surface area contributed by atoms with Crippen LogP contribution in [-0.2, 0) is 11.2 Å². The normalized spacial score (nSPS) is 12.3. The number of H-pyrrole nitrogens is 1. The molecule has 3 heterocycles. The summed E-state index contributed by atoms with van der Waals surface area (Å²) < 4.78 is 5.29. The second kappa shape index (κ2) is 7.62. The van der Waals surface area contributed by atoms with Gasteiger partial charge in [0.05, 0.1) is 6.26 Å². The molecule has 4 nitrogen and oxygen atoms in total. The number of para-hydroxylation sites is 1. The van der Waals surface area contributed by atoms with Gasteiger partial charge in [-0.2, -0.15) is 0 Å². The van der Waals surface area contributed by atoms with Gasteiger partial charge < -0.3 is 14.7 Å². The van der Waals surface area contributed by atoms with Crippen molar-refractivity contribution in [2.45, 2.75) is 18.8 Å². The molecule has 0 spiro atoms. The first-order valence-electron chi connectivity index (χ1n) is 8.70. The van der Waals surface area contributed by atoms with Gasteiger partial charge in [0.25, 0.3) is 0 Å². The minimum atomic E-state index is 0.0443. The zero-order chi connectivity index (χ0) is 17.8. The van der Waals surface area contributed by atoms with Crippen molar-refractivity contribution in [2.75, 3.05) is 6.54 Å². The number of thiophene rings is 1. The van der Waals surface area contributed by atoms with Crippen molar-refractivity contribution in [1.82, 2.24) is 10.3 Å². The first kappa shape index (κ1) is 16.7. The number of benzene rings is 1. The Hall–Kier alpha value is -2.79. The molecule has 0 aliphatic rings. The highest BCUT2D eigenvalue weighted by Crippen LogP contribution is 2.32. The Labute approximate surface area is 155 Å². The van der Waals surface area contributed by atoms with Gasteiger partial charge >= 0.3 is 0 Å². The number of fused-ring (bicyclic) bond motifs is 1. The van der Waals surface area contributed by atoms with Crippen LogP contribution in [0.4, 0.5) is 0 Å². The van der Waals surface area contributed by atoms with Crippen molar-refractivity contribution in [3.05, 3.63) is 82.6 Å². The molecule has 1 amide bonds. The predicted octanol–water partition coefficient (Wildman–Crippen LogP) is 4.70. The molecule has 0 unspecified atom stereocenters. The number of rotatable bonds is 7. The van der Waals surface area contributed by atoms with Gasteiger partial charge in [-0.25, -0.2) is 0 Å². The van der Waals surface area contributed by atoms with E-state index in [1.54, 1.807) is 17.6 Å². The van der Waals surface area contributed by atoms with E-state index in [9.17, 15) is 4.79 Å². The lowest BCUT2D eigenvalue weighted by Crippen LogP contribution is -2.28. The standard InChI is InChI=1S/C21H20N2O2S/c24-21(10-9-15-5-3-11-25-15)23-14-18(20-8-4-12-26-20)17-13-22-19-7-2-1-6-16(17)19/h1-8,11-13,18,22H,9-10,14H2,(H,23,24)/t18-/m0/s1. The highest BCUT2D eigenvalue weighted by molar-refractivity contribution is 7.10. The molecule has 132 valence electrons. The number of amides is 1. The number of aromatic nitrogens is 1. The quantitative estimate of drug-likeness (QED) is 0.499. The first-order chi connectivity index (χ1) is 12.8. The molecule has 0 fully saturated rings. The minimum absolute atomic E-state index is 0.0443. The van der Waals surface area contributed by atoms with Crippen LogP contribution in [0.1, 0.15) is 28.5 Å². The molecule has 3 aromatic heterocycles. The molecule has 4 rings (SSSR count). The fraction of sp³-hybridized carbons (Fsp3) is 0.190. The van der Waals surface area contributed by atoms with Crippen LogP contribution < -0.4 is 5.32 Å². The third-order valence-corrected chi connectivity index (χ3v) is 5.55. The second-order valence-electron chi connectivity index (χ2n) is 6.24. The molecular formula is C21H20N2O2S. The van der Waals surface area contributed by atoms with Gasteiger partial charge in [0.1, 0.15) is 5.76 Å². The Morgan fingerprint density at radius 2 is 2.08 bits per heavy atom. The van der Waals surface area contributed by atoms with Crippen molar-refractivity contribution < 1.29 is 9.21 Å². The Balaban J connectivity index is 1.49. The van der Waals surface area contributed by atoms with Crippen LogP contribution in [-0.4, -0.2) is 17.4 Å². The Morgan fingerprint density at radius 3 is 2.88 bits per heavy atom. The summed E-state index contributed by atoms with van der Waals surface area (Å²) in [6.07, 6.45) is 4.75. The second-order valence-corrected chi connectivity index (χ2v) is 7.22. The number of hydrogen-bond donors (Lipinski definition) is 2. The smallest absolute Gasteiger partial charge is 0.220 e. The Kier molecular flexibility index (Phi) is 4.88. The SMILES string of the molecule is O=C(CCc1ccco1)NC[C@H](c1cccs1)c1c[nH]c2ccccc12. The largest absolute Gasteiger partial charge is 0.469 e. The number of aromatic amines is 1. The van der Waals surface area contributed by atoms with Gasteiger partial charge in [-0.3, -0.25) is 4.79 Å². The lowest BCUT2D eigenvalue weighted by atomic mass is 9.96. The zero-order valence-electron chi connectivity index (χ0n) is 14.3. The summed E-state index contributed by atoms with van der Waals surface area (Å²) in [4.78, 5) is 16.9. The van der Waals surface area contributed by atoms with E-state index < -0.39 is 0 Å². The maximum absolute atomic E-state index is 12.3. The summed E-state index contributed by atoms with van der Waals surface area (Å²) in [5.74, 6) is 1.02. The topological polar surface area (TPSA) is 58.0 Å². The Bertz CT molecular complexity index is 971. The van der Waals surface area contributed by atoms with Gasteiger partial charge in [-0.1, -0.05) is 24.3 Å². The van der Waals surface area contributed by atoms with Crippen molar-refractivity contribution in [3.63, 3.8) is 0 Å². The van der Waals surface area contributed by atoms with Gasteiger partial charge in [0.2, 0.25) is 5.91 Å². The van der Waals surface area contributed by atoms with E-state index in [0.29, 0.717) is 19.4 Å². The van der Waals surface area contributed by atoms with E-state index >= 15 is 0 Å². The van der Waals surface area contributed by atoms with E-state index in [-0.39, 0.29) is 11.8 Å². The lowest BCUT2D eigenvalue weighted by Gasteiger charge is -2.16. The molecule has 0 bridgehead atoms. The highest BCUT2D eigenvalue weighted by Gasteiger charge is 2.20. The Morgan fingerprint density at radius 1 is 1.15 bits per heavy atom. The number of aryl methyl sites for hydroxylation is 1. The molecule has 1 atom stereocenters. The van der Waals surface area contributed by atoms with E-state index in [1.807, 2.05) is 24.3 Å². The third-order valence-electron chi connectivity index (χ3n) is 4.57. The molecule has 0 saturated heterocycles. The van der Waals surface area contributed by atoms with Crippen LogP contribution in [0.3, 0.4) is 0 Å². The van der Waals surface area contributed by atoms with Crippen LogP contribution in [0.2, 0.25) is 0 Å². The highest BCUT2D eigenvalue weighted by atomic mass is 32.1. The number of furan rings is 1. The van der Waals surface area contributed by atoms with E-state index in [0.717, 1.165) is 11.3 Å². The number of hydrogen-bond acceptors (Lipinski definition) is 3. The van der Waals surface area contributed by atoms with Crippen molar-refractivity contribution in [1.29, 1.82) is 0 Å². The monoisotopic (exact) mass is 364 g/mol. The first-order valence-corrected chi connectivity index (χ1v) is 9.58. The minimum Gasteiger partial charge on any atom is -0.469 e. The van der Waals surface area contributed by atoms with E-state index in [2.05, 4.69) is 46.1 Å². The third kappa shape index (κ3) is 3.58. The van der Waals surface area contributed by atoms with Gasteiger partial charge in [-0.05, 0) is 35.2 Å². The van der Waals surface area contributed by atoms with Crippen molar-refractivity contribution in [2.24, 2.45) is 0 Å². The summed E-state index contributed by atoms with van der Waals surface area (Å²) in [5.41, 5.74) is 2.34. The average Bonchev–Trinajstić information content (AvgIpc) is 3.42. The molecule has 2 N–H and O–H groups in total. The maximum Gasteiger partial charge on any atom is 0.220 e. The molecule has 1 aromatic carbocycles. The lowest BCUT2D eigenvalue weighted by molar-refractivity contribution is -0.121. The molecule has 26 heavy (non-hydrogen) atoms. The summed E-state index contributed by atoms with van der Waals surface area (Å²) in [7, 11) is 0. The van der Waals surface area contributed by atoms with Gasteiger partial charge in [0, 0.05) is 47.3 Å². The molecule has 0 aliphatic heterocycles. The summed E-state index contributed by atoms with van der Waals surface area (Å²) in [6, 6.07) is 16.2. The fourth-order valence-electron chi connectivity index (χ4n) is 3.23. The summed E-state index contributed by atoms with van der Waals surface area (Å²) >= 11 is 1.72. The maximum atomic E-state index is 12.3. The molecule has 5 heteroatoms. The average molecular weight is 364 g/mol. The number of nitrogens with one attached hydrogen (secondary N) is 2. The van der Waals surface area contributed by atoms with Crippen molar-refractivity contribution in [3.8, 4) is 0 Å². The predicted molar refractivity (Wildman–Crippen MR) is 104 cm³/mol. The van der Waals surface area contributed by atoms with Crippen LogP contribution in [0.15, 0.2) is 70.8 Å². The van der Waals surface area contributed by atoms with Crippen LogP contribution in [0, 0.1) is 0 Å². The molecule has 0 saturated carbocycles. The summed E-state index contributed by atoms with van der Waals surface area (Å²) in [5, 5.41) is 6.38. The molecule has 0 radical (unpaired) electrons. The van der Waals surface area contributed by atoms with E-state index in [4.69, 9.17) is 4.42 Å². The molecule has 0 aliphatic carbocycles. The number of carbonyl (C=O) groups excluding carboxylic acids is 1.